The van der Waals surface area contributed by atoms with Gasteiger partial charge in [-0.1, -0.05) is 66.6 Å². The first-order chi connectivity index (χ1) is 13.3. The number of rotatable bonds is 7. The molecule has 148 valence electrons. The molecule has 0 spiro atoms. The molecule has 0 aliphatic rings. The highest BCUT2D eigenvalue weighted by Crippen LogP contribution is 2.38. The summed E-state index contributed by atoms with van der Waals surface area (Å²) < 4.78 is 0. The van der Waals surface area contributed by atoms with Gasteiger partial charge < -0.3 is 20.4 Å². The largest absolute Gasteiger partial charge is 0.504 e. The van der Waals surface area contributed by atoms with Crippen molar-refractivity contribution in [3.63, 3.8) is 0 Å². The fraction of sp³-hybridized carbons (Fsp3) is 0.250. The van der Waals surface area contributed by atoms with Gasteiger partial charge in [0.1, 0.15) is 0 Å². The van der Waals surface area contributed by atoms with Crippen LogP contribution in [0.25, 0.3) is 11.5 Å². The van der Waals surface area contributed by atoms with Crippen LogP contribution in [0.3, 0.4) is 0 Å². The minimum atomic E-state index is -0.488. The molecule has 0 fully saturated rings. The van der Waals surface area contributed by atoms with E-state index in [2.05, 4.69) is 26.0 Å². The fourth-order valence-corrected chi connectivity index (χ4v) is 2.79. The zero-order valence-electron chi connectivity index (χ0n) is 16.6. The van der Waals surface area contributed by atoms with Gasteiger partial charge in [-0.15, -0.1) is 0 Å². The summed E-state index contributed by atoms with van der Waals surface area (Å²) in [6.07, 6.45) is 6.58. The highest BCUT2D eigenvalue weighted by atomic mass is 16.3. The Labute approximate surface area is 166 Å². The number of aromatic hydroxyl groups is 2. The van der Waals surface area contributed by atoms with Crippen LogP contribution in [-0.4, -0.2) is 20.4 Å². The molecule has 0 aromatic heterocycles. The molecule has 0 amide bonds. The van der Waals surface area contributed by atoms with Crippen LogP contribution in [0.4, 0.5) is 0 Å². The normalized spacial score (nSPS) is 13.4. The molecule has 0 aliphatic carbocycles. The van der Waals surface area contributed by atoms with E-state index in [0.29, 0.717) is 17.5 Å². The molecule has 2 aromatic rings. The van der Waals surface area contributed by atoms with Gasteiger partial charge in [0.15, 0.2) is 23.0 Å². The summed E-state index contributed by atoms with van der Waals surface area (Å²) in [5.74, 6) is -1.60. The van der Waals surface area contributed by atoms with Gasteiger partial charge in [0.05, 0.1) is 5.56 Å². The summed E-state index contributed by atoms with van der Waals surface area (Å²) in [7, 11) is 0. The van der Waals surface area contributed by atoms with Gasteiger partial charge in [-0.3, -0.25) is 0 Å². The van der Waals surface area contributed by atoms with Crippen LogP contribution in [0.1, 0.15) is 50.3 Å². The van der Waals surface area contributed by atoms with E-state index in [1.54, 1.807) is 36.4 Å². The smallest absolute Gasteiger partial charge is 0.169 e. The third kappa shape index (κ3) is 5.19. The van der Waals surface area contributed by atoms with Gasteiger partial charge >= 0.3 is 0 Å². The first-order valence-corrected chi connectivity index (χ1v) is 9.38. The Balaban J connectivity index is 2.27. The standard InChI is InChI=1S/C24H28O4/c1-4-16(2)9-8-10-17(3)15-19-13-14-20(24(28)22(19)26)23(27)21(25)18-11-6-5-7-12-18/h5-7,9-14,25-28H,4,8,15H2,1-3H3. The van der Waals surface area contributed by atoms with Crippen molar-refractivity contribution < 1.29 is 20.4 Å². The fourth-order valence-electron chi connectivity index (χ4n) is 2.79. The lowest BCUT2D eigenvalue weighted by Crippen LogP contribution is -1.95. The Kier molecular flexibility index (Phi) is 7.33. The Bertz CT molecular complexity index is 906. The lowest BCUT2D eigenvalue weighted by molar-refractivity contribution is 0.393. The number of hydrogen-bond donors (Lipinski definition) is 4. The Morgan fingerprint density at radius 1 is 0.821 bits per heavy atom. The third-order valence-corrected chi connectivity index (χ3v) is 4.72. The second-order valence-corrected chi connectivity index (χ2v) is 6.90. The van der Waals surface area contributed by atoms with Crippen molar-refractivity contribution in [2.24, 2.45) is 0 Å². The maximum atomic E-state index is 10.4. The van der Waals surface area contributed by atoms with Crippen molar-refractivity contribution in [2.45, 2.75) is 40.0 Å². The van der Waals surface area contributed by atoms with Gasteiger partial charge in [-0.2, -0.15) is 0 Å². The van der Waals surface area contributed by atoms with Crippen molar-refractivity contribution in [3.05, 3.63) is 82.5 Å². The van der Waals surface area contributed by atoms with Crippen molar-refractivity contribution in [1.29, 1.82) is 0 Å². The first kappa shape index (κ1) is 21.2. The number of allylic oxidation sites excluding steroid dienone is 4. The minimum Gasteiger partial charge on any atom is -0.504 e. The van der Waals surface area contributed by atoms with Gasteiger partial charge in [0.2, 0.25) is 0 Å². The van der Waals surface area contributed by atoms with E-state index < -0.39 is 11.5 Å². The van der Waals surface area contributed by atoms with Crippen LogP contribution in [-0.2, 0) is 6.42 Å². The topological polar surface area (TPSA) is 80.9 Å². The molecular formula is C24H28O4. The lowest BCUT2D eigenvalue weighted by atomic mass is 9.99. The van der Waals surface area contributed by atoms with Crippen LogP contribution >= 0.6 is 0 Å². The number of aliphatic hydroxyl groups is 2. The summed E-state index contributed by atoms with van der Waals surface area (Å²) in [6, 6.07) is 11.7. The number of benzene rings is 2. The van der Waals surface area contributed by atoms with Gasteiger partial charge in [0.25, 0.3) is 0 Å². The van der Waals surface area contributed by atoms with Gasteiger partial charge in [-0.25, -0.2) is 0 Å². The van der Waals surface area contributed by atoms with Crippen LogP contribution < -0.4 is 0 Å². The van der Waals surface area contributed by atoms with Crippen LogP contribution in [0.15, 0.2) is 65.8 Å². The molecule has 28 heavy (non-hydrogen) atoms. The molecular weight excluding hydrogens is 352 g/mol. The second-order valence-electron chi connectivity index (χ2n) is 6.90. The summed E-state index contributed by atoms with van der Waals surface area (Å²) >= 11 is 0. The first-order valence-electron chi connectivity index (χ1n) is 9.38. The summed E-state index contributed by atoms with van der Waals surface area (Å²) in [5, 5.41) is 41.3. The summed E-state index contributed by atoms with van der Waals surface area (Å²) in [4.78, 5) is 0. The Morgan fingerprint density at radius 2 is 1.46 bits per heavy atom. The Morgan fingerprint density at radius 3 is 2.11 bits per heavy atom. The highest BCUT2D eigenvalue weighted by Gasteiger charge is 2.18. The minimum absolute atomic E-state index is 0.0225. The predicted octanol–water partition coefficient (Wildman–Crippen LogP) is 6.27. The highest BCUT2D eigenvalue weighted by molar-refractivity contribution is 5.85. The Hall–Kier alpha value is -3.14. The SMILES string of the molecule is CCC(C)=CCC=C(C)Cc1ccc(C(O)=C(O)c2ccccc2)c(O)c1O. The molecule has 4 heteroatoms. The van der Waals surface area contributed by atoms with E-state index in [-0.39, 0.29) is 17.1 Å². The molecule has 2 aromatic carbocycles. The molecule has 4 nitrogen and oxygen atoms in total. The number of hydrogen-bond acceptors (Lipinski definition) is 4. The zero-order valence-corrected chi connectivity index (χ0v) is 16.6. The average molecular weight is 380 g/mol. The van der Waals surface area contributed by atoms with Crippen molar-refractivity contribution in [2.75, 3.05) is 0 Å². The van der Waals surface area contributed by atoms with Crippen molar-refractivity contribution >= 4 is 11.5 Å². The average Bonchev–Trinajstić information content (AvgIpc) is 2.71. The van der Waals surface area contributed by atoms with Crippen LogP contribution in [0, 0.1) is 0 Å². The molecule has 0 heterocycles. The molecule has 0 unspecified atom stereocenters. The molecule has 0 bridgehead atoms. The molecule has 0 saturated carbocycles. The maximum Gasteiger partial charge on any atom is 0.169 e. The lowest BCUT2D eigenvalue weighted by Gasteiger charge is -2.12. The quantitative estimate of drug-likeness (QED) is 0.197. The van der Waals surface area contributed by atoms with Crippen LogP contribution in [0.2, 0.25) is 0 Å². The predicted molar refractivity (Wildman–Crippen MR) is 114 cm³/mol. The maximum absolute atomic E-state index is 10.4. The molecule has 0 aliphatic heterocycles. The monoisotopic (exact) mass is 380 g/mol. The van der Waals surface area contributed by atoms with E-state index in [0.717, 1.165) is 18.4 Å². The molecule has 0 saturated heterocycles. The molecule has 0 atom stereocenters. The second kappa shape index (κ2) is 9.70. The molecule has 2 rings (SSSR count). The van der Waals surface area contributed by atoms with Crippen molar-refractivity contribution in [3.8, 4) is 11.5 Å². The van der Waals surface area contributed by atoms with Crippen LogP contribution in [0.5, 0.6) is 11.5 Å². The summed E-state index contributed by atoms with van der Waals surface area (Å²) in [6.45, 7) is 6.18. The van der Waals surface area contributed by atoms with E-state index in [1.807, 2.05) is 6.92 Å². The van der Waals surface area contributed by atoms with E-state index in [4.69, 9.17) is 0 Å². The molecule has 4 N–H and O–H groups in total. The van der Waals surface area contributed by atoms with Crippen molar-refractivity contribution in [1.82, 2.24) is 0 Å². The zero-order chi connectivity index (χ0) is 20.7. The van der Waals surface area contributed by atoms with Gasteiger partial charge in [0, 0.05) is 11.1 Å². The van der Waals surface area contributed by atoms with Gasteiger partial charge in [-0.05, 0) is 39.2 Å². The molecule has 0 radical (unpaired) electrons. The number of phenols is 2. The van der Waals surface area contributed by atoms with E-state index in [9.17, 15) is 20.4 Å². The number of phenolic OH excluding ortho intramolecular Hbond substituents is 2. The third-order valence-electron chi connectivity index (χ3n) is 4.72. The van der Waals surface area contributed by atoms with E-state index in [1.165, 1.54) is 11.6 Å². The number of aliphatic hydroxyl groups excluding tert-OH is 2. The van der Waals surface area contributed by atoms with E-state index >= 15 is 0 Å². The summed E-state index contributed by atoms with van der Waals surface area (Å²) in [5.41, 5.74) is 3.34.